The number of rotatable bonds is 4. The Hall–Kier alpha value is -2.64. The average molecular weight is 305 g/mol. The Balaban J connectivity index is 1.92. The van der Waals surface area contributed by atoms with Crippen LogP contribution in [0, 0.1) is 11.3 Å². The maximum atomic E-state index is 12.7. The van der Waals surface area contributed by atoms with E-state index in [0.717, 1.165) is 23.2 Å². The average Bonchev–Trinajstić information content (AvgIpc) is 2.79. The van der Waals surface area contributed by atoms with E-state index in [-0.39, 0.29) is 5.91 Å². The predicted molar refractivity (Wildman–Crippen MR) is 88.5 cm³/mol. The number of fused-ring (bicyclic) bond motifs is 1. The first-order valence-electron chi connectivity index (χ1n) is 7.62. The number of benzene rings is 2. The van der Waals surface area contributed by atoms with E-state index in [0.29, 0.717) is 12.1 Å². The van der Waals surface area contributed by atoms with Gasteiger partial charge in [0.1, 0.15) is 6.04 Å². The molecule has 4 nitrogen and oxygen atoms in total. The van der Waals surface area contributed by atoms with Crippen molar-refractivity contribution >= 4 is 5.91 Å². The maximum Gasteiger partial charge on any atom is 0.255 e. The second kappa shape index (κ2) is 6.23. The summed E-state index contributed by atoms with van der Waals surface area (Å²) in [6, 6.07) is 17.4. The fourth-order valence-corrected chi connectivity index (χ4v) is 3.02. The van der Waals surface area contributed by atoms with Gasteiger partial charge in [0.2, 0.25) is 0 Å². The van der Waals surface area contributed by atoms with Crippen molar-refractivity contribution in [2.24, 2.45) is 0 Å². The second-order valence-electron chi connectivity index (χ2n) is 6.11. The molecule has 2 aromatic carbocycles. The van der Waals surface area contributed by atoms with Crippen molar-refractivity contribution in [2.45, 2.75) is 19.1 Å². The molecular weight excluding hydrogens is 286 g/mol. The van der Waals surface area contributed by atoms with Crippen LogP contribution in [0.25, 0.3) is 0 Å². The van der Waals surface area contributed by atoms with Crippen LogP contribution in [0.3, 0.4) is 0 Å². The first-order chi connectivity index (χ1) is 11.1. The van der Waals surface area contributed by atoms with Crippen LogP contribution in [-0.4, -0.2) is 29.8 Å². The van der Waals surface area contributed by atoms with E-state index in [1.54, 1.807) is 4.90 Å². The van der Waals surface area contributed by atoms with Gasteiger partial charge in [-0.05, 0) is 31.3 Å². The van der Waals surface area contributed by atoms with Gasteiger partial charge in [-0.15, -0.1) is 0 Å². The zero-order chi connectivity index (χ0) is 16.4. The Kier molecular flexibility index (Phi) is 4.14. The molecule has 0 radical (unpaired) electrons. The number of amides is 1. The molecule has 1 heterocycles. The van der Waals surface area contributed by atoms with Gasteiger partial charge >= 0.3 is 0 Å². The van der Waals surface area contributed by atoms with Gasteiger partial charge in [-0.2, -0.15) is 5.26 Å². The van der Waals surface area contributed by atoms with Crippen LogP contribution in [0.1, 0.15) is 33.1 Å². The van der Waals surface area contributed by atoms with E-state index < -0.39 is 6.04 Å². The van der Waals surface area contributed by atoms with Gasteiger partial charge in [0.05, 0.1) is 6.07 Å². The smallest absolute Gasteiger partial charge is 0.255 e. The van der Waals surface area contributed by atoms with Crippen LogP contribution in [-0.2, 0) is 13.1 Å². The molecule has 2 aromatic rings. The number of hydrogen-bond acceptors (Lipinski definition) is 3. The van der Waals surface area contributed by atoms with Gasteiger partial charge in [-0.3, -0.25) is 4.79 Å². The van der Waals surface area contributed by atoms with Crippen LogP contribution in [0.5, 0.6) is 0 Å². The summed E-state index contributed by atoms with van der Waals surface area (Å²) in [5.41, 5.74) is 3.62. The van der Waals surface area contributed by atoms with Gasteiger partial charge in [0.25, 0.3) is 5.91 Å². The topological polar surface area (TPSA) is 47.3 Å². The summed E-state index contributed by atoms with van der Waals surface area (Å²) >= 11 is 0. The highest BCUT2D eigenvalue weighted by Crippen LogP contribution is 2.35. The van der Waals surface area contributed by atoms with Crippen molar-refractivity contribution in [3.63, 3.8) is 0 Å². The molecule has 0 aliphatic carbocycles. The molecule has 4 heteroatoms. The molecule has 0 N–H and O–H groups in total. The largest absolute Gasteiger partial charge is 0.314 e. The third-order valence-corrected chi connectivity index (χ3v) is 4.03. The summed E-state index contributed by atoms with van der Waals surface area (Å²) in [5.74, 6) is -0.0631. The number of carbonyl (C=O) groups is 1. The van der Waals surface area contributed by atoms with Gasteiger partial charge in [0, 0.05) is 24.2 Å². The first-order valence-corrected chi connectivity index (χ1v) is 7.62. The lowest BCUT2D eigenvalue weighted by atomic mass is 10.0. The van der Waals surface area contributed by atoms with Gasteiger partial charge < -0.3 is 9.80 Å². The number of carbonyl (C=O) groups excluding carboxylic acids is 1. The number of hydrogen-bond donors (Lipinski definition) is 0. The van der Waals surface area contributed by atoms with E-state index in [9.17, 15) is 10.1 Å². The minimum atomic E-state index is -0.514. The molecule has 0 saturated heterocycles. The van der Waals surface area contributed by atoms with Crippen LogP contribution < -0.4 is 0 Å². The van der Waals surface area contributed by atoms with Gasteiger partial charge in [0.15, 0.2) is 0 Å². The predicted octanol–water partition coefficient (Wildman–Crippen LogP) is 2.97. The SMILES string of the molecule is CN(C)Cc1ccc2c(c1)C(C#N)N(Cc1ccccc1)C2=O. The highest BCUT2D eigenvalue weighted by atomic mass is 16.2. The van der Waals surface area contributed by atoms with Crippen molar-refractivity contribution in [1.29, 1.82) is 5.26 Å². The number of nitrogens with zero attached hydrogens (tertiary/aromatic N) is 3. The fraction of sp³-hybridized carbons (Fsp3) is 0.263. The molecule has 23 heavy (non-hydrogen) atoms. The van der Waals surface area contributed by atoms with Crippen LogP contribution in [0.15, 0.2) is 48.5 Å². The molecule has 0 fully saturated rings. The standard InChI is InChI=1S/C19H19N3O/c1-21(2)12-15-8-9-16-17(10-15)18(11-20)22(19(16)23)13-14-6-4-3-5-7-14/h3-10,18H,12-13H2,1-2H3. The highest BCUT2D eigenvalue weighted by molar-refractivity contribution is 5.99. The van der Waals surface area contributed by atoms with Crippen molar-refractivity contribution in [1.82, 2.24) is 9.80 Å². The molecule has 1 amide bonds. The van der Waals surface area contributed by atoms with Crippen molar-refractivity contribution in [3.05, 3.63) is 70.8 Å². The lowest BCUT2D eigenvalue weighted by Crippen LogP contribution is -2.26. The van der Waals surface area contributed by atoms with E-state index in [1.165, 1.54) is 0 Å². The lowest BCUT2D eigenvalue weighted by Gasteiger charge is -2.20. The summed E-state index contributed by atoms with van der Waals surface area (Å²) in [4.78, 5) is 16.4. The Morgan fingerprint density at radius 2 is 1.87 bits per heavy atom. The summed E-state index contributed by atoms with van der Waals surface area (Å²) in [7, 11) is 4.00. The zero-order valence-electron chi connectivity index (χ0n) is 13.4. The molecule has 1 aliphatic rings. The quantitative estimate of drug-likeness (QED) is 0.872. The summed E-state index contributed by atoms with van der Waals surface area (Å²) in [5, 5.41) is 9.60. The molecule has 0 bridgehead atoms. The van der Waals surface area contributed by atoms with E-state index in [4.69, 9.17) is 0 Å². The Labute approximate surface area is 136 Å². The van der Waals surface area contributed by atoms with Crippen molar-refractivity contribution in [3.8, 4) is 6.07 Å². The van der Waals surface area contributed by atoms with E-state index in [1.807, 2.05) is 62.6 Å². The summed E-state index contributed by atoms with van der Waals surface area (Å²) < 4.78 is 0. The van der Waals surface area contributed by atoms with Gasteiger partial charge in [-0.25, -0.2) is 0 Å². The Morgan fingerprint density at radius 3 is 2.52 bits per heavy atom. The molecule has 1 aliphatic heterocycles. The Bertz CT molecular complexity index is 762. The van der Waals surface area contributed by atoms with Crippen molar-refractivity contribution in [2.75, 3.05) is 14.1 Å². The Morgan fingerprint density at radius 1 is 1.13 bits per heavy atom. The summed E-state index contributed by atoms with van der Waals surface area (Å²) in [6.07, 6.45) is 0. The molecule has 116 valence electrons. The molecule has 0 saturated carbocycles. The third-order valence-electron chi connectivity index (χ3n) is 4.03. The molecular formula is C19H19N3O. The normalized spacial score (nSPS) is 16.5. The second-order valence-corrected chi connectivity index (χ2v) is 6.11. The minimum Gasteiger partial charge on any atom is -0.314 e. The van der Waals surface area contributed by atoms with Crippen LogP contribution in [0.2, 0.25) is 0 Å². The molecule has 0 aromatic heterocycles. The molecule has 0 spiro atoms. The van der Waals surface area contributed by atoms with E-state index in [2.05, 4.69) is 11.0 Å². The maximum absolute atomic E-state index is 12.7. The lowest BCUT2D eigenvalue weighted by molar-refractivity contribution is 0.0744. The van der Waals surface area contributed by atoms with Gasteiger partial charge in [-0.1, -0.05) is 42.5 Å². The molecule has 1 atom stereocenters. The number of nitriles is 1. The summed E-state index contributed by atoms with van der Waals surface area (Å²) in [6.45, 7) is 1.24. The third kappa shape index (κ3) is 2.96. The van der Waals surface area contributed by atoms with E-state index >= 15 is 0 Å². The highest BCUT2D eigenvalue weighted by Gasteiger charge is 2.36. The monoisotopic (exact) mass is 305 g/mol. The first kappa shape index (κ1) is 15.3. The van der Waals surface area contributed by atoms with Crippen LogP contribution in [0.4, 0.5) is 0 Å². The van der Waals surface area contributed by atoms with Crippen molar-refractivity contribution < 1.29 is 4.79 Å². The minimum absolute atomic E-state index is 0.0631. The van der Waals surface area contributed by atoms with Crippen LogP contribution >= 0.6 is 0 Å². The molecule has 1 unspecified atom stereocenters. The zero-order valence-corrected chi connectivity index (χ0v) is 13.4. The fourth-order valence-electron chi connectivity index (χ4n) is 3.02. The molecule has 3 rings (SSSR count).